The second-order valence-corrected chi connectivity index (χ2v) is 5.50. The fraction of sp³-hybridized carbons (Fsp3) is 0.571. The van der Waals surface area contributed by atoms with Crippen LogP contribution in [0.15, 0.2) is 18.2 Å². The van der Waals surface area contributed by atoms with Crippen LogP contribution in [0.5, 0.6) is 0 Å². The maximum absolute atomic E-state index is 13.7. The summed E-state index contributed by atoms with van der Waals surface area (Å²) < 4.78 is 13.7. The Labute approximate surface area is 113 Å². The second-order valence-electron chi connectivity index (χ2n) is 5.09. The van der Waals surface area contributed by atoms with Crippen LogP contribution in [0.4, 0.5) is 4.39 Å². The molecule has 0 saturated carbocycles. The lowest BCUT2D eigenvalue weighted by Crippen LogP contribution is -2.34. The third kappa shape index (κ3) is 3.67. The van der Waals surface area contributed by atoms with E-state index >= 15 is 0 Å². The van der Waals surface area contributed by atoms with Crippen LogP contribution in [0.25, 0.3) is 0 Å². The van der Waals surface area contributed by atoms with Gasteiger partial charge in [-0.15, -0.1) is 0 Å². The normalized spacial score (nSPS) is 17.3. The predicted molar refractivity (Wildman–Crippen MR) is 73.3 cm³/mol. The van der Waals surface area contributed by atoms with Crippen LogP contribution in [0.1, 0.15) is 18.4 Å². The smallest absolute Gasteiger partial charge is 0.129 e. The Hall–Kier alpha value is -0.640. The molecule has 1 N–H and O–H groups in total. The highest BCUT2D eigenvalue weighted by Gasteiger charge is 2.16. The van der Waals surface area contributed by atoms with Gasteiger partial charge in [-0.05, 0) is 51.0 Å². The molecule has 1 aromatic carbocycles. The highest BCUT2D eigenvalue weighted by atomic mass is 35.5. The third-order valence-electron chi connectivity index (χ3n) is 3.52. The Bertz CT molecular complexity index is 371. The van der Waals surface area contributed by atoms with Crippen molar-refractivity contribution < 1.29 is 4.39 Å². The number of benzene rings is 1. The summed E-state index contributed by atoms with van der Waals surface area (Å²) >= 11 is 6.04. The molecule has 100 valence electrons. The van der Waals surface area contributed by atoms with Crippen molar-refractivity contribution in [3.63, 3.8) is 0 Å². The van der Waals surface area contributed by atoms with Gasteiger partial charge in [0.1, 0.15) is 5.82 Å². The fourth-order valence-electron chi connectivity index (χ4n) is 2.52. The molecular formula is C14H20ClFN2. The van der Waals surface area contributed by atoms with Gasteiger partial charge in [-0.25, -0.2) is 4.39 Å². The van der Waals surface area contributed by atoms with Crippen molar-refractivity contribution in [3.05, 3.63) is 34.6 Å². The average molecular weight is 271 g/mol. The molecule has 0 bridgehead atoms. The van der Waals surface area contributed by atoms with Crippen LogP contribution in [0.2, 0.25) is 5.02 Å². The Balaban J connectivity index is 1.92. The van der Waals surface area contributed by atoms with Crippen molar-refractivity contribution in [2.24, 2.45) is 5.92 Å². The van der Waals surface area contributed by atoms with E-state index in [0.717, 1.165) is 19.6 Å². The van der Waals surface area contributed by atoms with Crippen LogP contribution in [0, 0.1) is 11.7 Å². The zero-order valence-corrected chi connectivity index (χ0v) is 11.5. The van der Waals surface area contributed by atoms with E-state index in [1.807, 2.05) is 7.05 Å². The fourth-order valence-corrected chi connectivity index (χ4v) is 2.75. The SMILES string of the molecule is CN(Cc1c(F)cccc1Cl)CC1CCNCC1. The zero-order chi connectivity index (χ0) is 13.0. The number of hydrogen-bond donors (Lipinski definition) is 1. The summed E-state index contributed by atoms with van der Waals surface area (Å²) in [4.78, 5) is 2.17. The Morgan fingerprint density at radius 1 is 1.39 bits per heavy atom. The lowest BCUT2D eigenvalue weighted by Gasteiger charge is -2.27. The molecule has 2 rings (SSSR count). The summed E-state index contributed by atoms with van der Waals surface area (Å²) in [6.07, 6.45) is 2.41. The van der Waals surface area contributed by atoms with Gasteiger partial charge < -0.3 is 10.2 Å². The van der Waals surface area contributed by atoms with Gasteiger partial charge in [0.2, 0.25) is 0 Å². The van der Waals surface area contributed by atoms with E-state index in [1.54, 1.807) is 12.1 Å². The number of nitrogens with zero attached hydrogens (tertiary/aromatic N) is 1. The lowest BCUT2D eigenvalue weighted by atomic mass is 9.97. The number of nitrogens with one attached hydrogen (secondary N) is 1. The summed E-state index contributed by atoms with van der Waals surface area (Å²) in [6.45, 7) is 3.78. The molecule has 0 aromatic heterocycles. The van der Waals surface area contributed by atoms with E-state index in [0.29, 0.717) is 23.0 Å². The van der Waals surface area contributed by atoms with Crippen molar-refractivity contribution in [1.82, 2.24) is 10.2 Å². The van der Waals surface area contributed by atoms with Crippen molar-refractivity contribution in [1.29, 1.82) is 0 Å². The second kappa shape index (κ2) is 6.50. The summed E-state index contributed by atoms with van der Waals surface area (Å²) in [5, 5.41) is 3.88. The standard InChI is InChI=1S/C14H20ClFN2/c1-18(9-11-5-7-17-8-6-11)10-12-13(15)3-2-4-14(12)16/h2-4,11,17H,5-10H2,1H3. The van der Waals surface area contributed by atoms with Gasteiger partial charge in [0.05, 0.1) is 0 Å². The van der Waals surface area contributed by atoms with Crippen LogP contribution in [0.3, 0.4) is 0 Å². The van der Waals surface area contributed by atoms with Crippen molar-refractivity contribution in [3.8, 4) is 0 Å². The van der Waals surface area contributed by atoms with Gasteiger partial charge in [-0.3, -0.25) is 0 Å². The Morgan fingerprint density at radius 2 is 2.11 bits per heavy atom. The van der Waals surface area contributed by atoms with Crippen LogP contribution in [-0.4, -0.2) is 31.6 Å². The van der Waals surface area contributed by atoms with Crippen molar-refractivity contribution in [2.75, 3.05) is 26.7 Å². The van der Waals surface area contributed by atoms with E-state index in [-0.39, 0.29) is 5.82 Å². The molecule has 1 aliphatic heterocycles. The molecule has 1 aromatic rings. The minimum atomic E-state index is -0.209. The topological polar surface area (TPSA) is 15.3 Å². The van der Waals surface area contributed by atoms with Crippen LogP contribution in [-0.2, 0) is 6.54 Å². The van der Waals surface area contributed by atoms with Gasteiger partial charge in [-0.2, -0.15) is 0 Å². The zero-order valence-electron chi connectivity index (χ0n) is 10.8. The summed E-state index contributed by atoms with van der Waals surface area (Å²) in [6, 6.07) is 4.87. The van der Waals surface area contributed by atoms with Gasteiger partial charge in [0.25, 0.3) is 0 Å². The molecule has 1 fully saturated rings. The minimum Gasteiger partial charge on any atom is -0.317 e. The number of hydrogen-bond acceptors (Lipinski definition) is 2. The van der Waals surface area contributed by atoms with Crippen LogP contribution < -0.4 is 5.32 Å². The molecule has 0 radical (unpaired) electrons. The largest absolute Gasteiger partial charge is 0.317 e. The molecular weight excluding hydrogens is 251 g/mol. The van der Waals surface area contributed by atoms with Gasteiger partial charge in [-0.1, -0.05) is 17.7 Å². The summed E-state index contributed by atoms with van der Waals surface area (Å²) in [5.41, 5.74) is 0.607. The first-order valence-electron chi connectivity index (χ1n) is 6.49. The van der Waals surface area contributed by atoms with E-state index in [2.05, 4.69) is 10.2 Å². The van der Waals surface area contributed by atoms with Gasteiger partial charge in [0.15, 0.2) is 0 Å². The number of rotatable bonds is 4. The quantitative estimate of drug-likeness (QED) is 0.905. The highest BCUT2D eigenvalue weighted by molar-refractivity contribution is 6.31. The van der Waals surface area contributed by atoms with E-state index in [9.17, 15) is 4.39 Å². The minimum absolute atomic E-state index is 0.209. The Morgan fingerprint density at radius 3 is 2.78 bits per heavy atom. The van der Waals surface area contributed by atoms with Gasteiger partial charge in [0, 0.05) is 23.7 Å². The lowest BCUT2D eigenvalue weighted by molar-refractivity contribution is 0.232. The first-order chi connectivity index (χ1) is 8.66. The maximum Gasteiger partial charge on any atom is 0.129 e. The first-order valence-corrected chi connectivity index (χ1v) is 6.87. The predicted octanol–water partition coefficient (Wildman–Crippen LogP) is 2.91. The molecule has 2 nitrogen and oxygen atoms in total. The molecule has 1 heterocycles. The van der Waals surface area contributed by atoms with Crippen molar-refractivity contribution >= 4 is 11.6 Å². The maximum atomic E-state index is 13.7. The monoisotopic (exact) mass is 270 g/mol. The first kappa shape index (κ1) is 13.8. The molecule has 1 saturated heterocycles. The average Bonchev–Trinajstić information content (AvgIpc) is 2.35. The highest BCUT2D eigenvalue weighted by Crippen LogP contribution is 2.21. The summed E-state index contributed by atoms with van der Waals surface area (Å²) in [7, 11) is 2.03. The molecule has 1 aliphatic rings. The molecule has 0 aliphatic carbocycles. The molecule has 0 amide bonds. The van der Waals surface area contributed by atoms with Crippen LogP contribution >= 0.6 is 11.6 Å². The summed E-state index contributed by atoms with van der Waals surface area (Å²) in [5.74, 6) is 0.501. The van der Waals surface area contributed by atoms with E-state index in [4.69, 9.17) is 11.6 Å². The molecule has 0 atom stereocenters. The molecule has 4 heteroatoms. The molecule has 18 heavy (non-hydrogen) atoms. The Kier molecular flexibility index (Phi) is 4.98. The number of halogens is 2. The number of piperidine rings is 1. The van der Waals surface area contributed by atoms with Crippen molar-refractivity contribution in [2.45, 2.75) is 19.4 Å². The molecule has 0 unspecified atom stereocenters. The third-order valence-corrected chi connectivity index (χ3v) is 3.87. The van der Waals surface area contributed by atoms with E-state index in [1.165, 1.54) is 18.9 Å². The molecule has 0 spiro atoms. The van der Waals surface area contributed by atoms with Gasteiger partial charge >= 0.3 is 0 Å². The van der Waals surface area contributed by atoms with E-state index < -0.39 is 0 Å².